The van der Waals surface area contributed by atoms with Crippen LogP contribution in [0.3, 0.4) is 0 Å². The van der Waals surface area contributed by atoms with Gasteiger partial charge >= 0.3 is 0 Å². The van der Waals surface area contributed by atoms with Crippen LogP contribution in [0.15, 0.2) is 0 Å². The van der Waals surface area contributed by atoms with Crippen molar-refractivity contribution in [2.75, 3.05) is 19.3 Å². The first-order valence-electron chi connectivity index (χ1n) is 5.76. The van der Waals surface area contributed by atoms with E-state index in [4.69, 9.17) is 0 Å². The van der Waals surface area contributed by atoms with Gasteiger partial charge in [-0.15, -0.1) is 0 Å². The highest BCUT2D eigenvalue weighted by molar-refractivity contribution is 7.88. The molecular weight excluding hydrogens is 212 g/mol. The maximum Gasteiger partial charge on any atom is 0.208 e. The van der Waals surface area contributed by atoms with Gasteiger partial charge < -0.3 is 5.32 Å². The molecule has 15 heavy (non-hydrogen) atoms. The third-order valence-electron chi connectivity index (χ3n) is 2.76. The molecule has 0 heterocycles. The van der Waals surface area contributed by atoms with E-state index in [0.717, 1.165) is 13.0 Å². The van der Waals surface area contributed by atoms with Gasteiger partial charge in [-0.1, -0.05) is 19.3 Å². The third-order valence-corrected chi connectivity index (χ3v) is 3.48. The largest absolute Gasteiger partial charge is 0.314 e. The minimum Gasteiger partial charge on any atom is -0.314 e. The van der Waals surface area contributed by atoms with Crippen LogP contribution in [0.5, 0.6) is 0 Å². The topological polar surface area (TPSA) is 58.2 Å². The highest BCUT2D eigenvalue weighted by Crippen LogP contribution is 2.16. The molecule has 0 amide bonds. The molecule has 5 heteroatoms. The summed E-state index contributed by atoms with van der Waals surface area (Å²) in [6, 6.07) is 0.664. The third kappa shape index (κ3) is 6.87. The zero-order valence-electron chi connectivity index (χ0n) is 9.46. The molecule has 0 aromatic rings. The summed E-state index contributed by atoms with van der Waals surface area (Å²) in [4.78, 5) is 0. The van der Waals surface area contributed by atoms with Gasteiger partial charge in [-0.3, -0.25) is 0 Å². The average molecular weight is 234 g/mol. The summed E-state index contributed by atoms with van der Waals surface area (Å²) >= 11 is 0. The van der Waals surface area contributed by atoms with Crippen molar-refractivity contribution < 1.29 is 8.42 Å². The van der Waals surface area contributed by atoms with Crippen LogP contribution < -0.4 is 10.0 Å². The van der Waals surface area contributed by atoms with E-state index in [-0.39, 0.29) is 0 Å². The van der Waals surface area contributed by atoms with Crippen molar-refractivity contribution in [3.05, 3.63) is 0 Å². The normalized spacial score (nSPS) is 19.3. The number of rotatable bonds is 6. The van der Waals surface area contributed by atoms with E-state index in [9.17, 15) is 8.42 Å². The molecule has 0 aliphatic heterocycles. The van der Waals surface area contributed by atoms with Crippen molar-refractivity contribution >= 4 is 10.0 Å². The average Bonchev–Trinajstić information content (AvgIpc) is 2.17. The van der Waals surface area contributed by atoms with Crippen LogP contribution in [0.4, 0.5) is 0 Å². The second-order valence-electron chi connectivity index (χ2n) is 4.31. The van der Waals surface area contributed by atoms with Crippen LogP contribution in [-0.4, -0.2) is 33.8 Å². The molecule has 1 aliphatic carbocycles. The Morgan fingerprint density at radius 1 is 1.13 bits per heavy atom. The van der Waals surface area contributed by atoms with E-state index >= 15 is 0 Å². The van der Waals surface area contributed by atoms with Gasteiger partial charge in [0.05, 0.1) is 6.26 Å². The number of nitrogens with one attached hydrogen (secondary N) is 2. The molecule has 1 rings (SSSR count). The van der Waals surface area contributed by atoms with Crippen LogP contribution in [0.25, 0.3) is 0 Å². The SMILES string of the molecule is CS(=O)(=O)NCCCNC1CCCCC1. The Balaban J connectivity index is 1.96. The fraction of sp³-hybridized carbons (Fsp3) is 1.00. The van der Waals surface area contributed by atoms with Gasteiger partial charge in [0.1, 0.15) is 0 Å². The highest BCUT2D eigenvalue weighted by Gasteiger charge is 2.11. The Hall–Kier alpha value is -0.130. The summed E-state index contributed by atoms with van der Waals surface area (Å²) in [6.45, 7) is 1.45. The van der Waals surface area contributed by atoms with Crippen molar-refractivity contribution in [2.24, 2.45) is 0 Å². The Kier molecular flexibility index (Phi) is 5.56. The van der Waals surface area contributed by atoms with Gasteiger partial charge in [-0.05, 0) is 25.8 Å². The van der Waals surface area contributed by atoms with E-state index < -0.39 is 10.0 Å². The van der Waals surface area contributed by atoms with E-state index in [2.05, 4.69) is 10.0 Å². The van der Waals surface area contributed by atoms with Crippen LogP contribution >= 0.6 is 0 Å². The van der Waals surface area contributed by atoms with Crippen LogP contribution in [0.2, 0.25) is 0 Å². The number of hydrogen-bond acceptors (Lipinski definition) is 3. The molecule has 0 unspecified atom stereocenters. The number of hydrogen-bond donors (Lipinski definition) is 2. The Labute approximate surface area is 92.9 Å². The molecule has 1 saturated carbocycles. The maximum atomic E-state index is 10.8. The Morgan fingerprint density at radius 2 is 1.80 bits per heavy atom. The molecule has 2 N–H and O–H groups in total. The summed E-state index contributed by atoms with van der Waals surface area (Å²) in [5.41, 5.74) is 0. The van der Waals surface area contributed by atoms with E-state index in [1.54, 1.807) is 0 Å². The summed E-state index contributed by atoms with van der Waals surface area (Å²) < 4.78 is 24.0. The molecule has 0 atom stereocenters. The fourth-order valence-electron chi connectivity index (χ4n) is 1.96. The predicted octanol–water partition coefficient (Wildman–Crippen LogP) is 0.848. The van der Waals surface area contributed by atoms with Crippen LogP contribution in [-0.2, 0) is 10.0 Å². The zero-order chi connectivity index (χ0) is 11.1. The molecule has 0 aromatic heterocycles. The minimum absolute atomic E-state index is 0.540. The fourth-order valence-corrected chi connectivity index (χ4v) is 2.47. The maximum absolute atomic E-state index is 10.8. The lowest BCUT2D eigenvalue weighted by molar-refractivity contribution is 0.372. The van der Waals surface area contributed by atoms with Gasteiger partial charge in [0.2, 0.25) is 10.0 Å². The van der Waals surface area contributed by atoms with Crippen molar-refractivity contribution in [1.29, 1.82) is 0 Å². The molecule has 4 nitrogen and oxygen atoms in total. The van der Waals surface area contributed by atoms with Crippen molar-refractivity contribution in [1.82, 2.24) is 10.0 Å². The monoisotopic (exact) mass is 234 g/mol. The summed E-state index contributed by atoms with van der Waals surface area (Å²) in [6.07, 6.45) is 8.65. The number of sulfonamides is 1. The zero-order valence-corrected chi connectivity index (χ0v) is 10.3. The molecular formula is C10H22N2O2S. The van der Waals surface area contributed by atoms with E-state index in [0.29, 0.717) is 12.6 Å². The van der Waals surface area contributed by atoms with Crippen molar-refractivity contribution in [3.8, 4) is 0 Å². The summed E-state index contributed by atoms with van der Waals surface area (Å²) in [5.74, 6) is 0. The van der Waals surface area contributed by atoms with Crippen LogP contribution in [0.1, 0.15) is 38.5 Å². The van der Waals surface area contributed by atoms with E-state index in [1.807, 2.05) is 0 Å². The first-order valence-corrected chi connectivity index (χ1v) is 7.65. The van der Waals surface area contributed by atoms with Gasteiger partial charge in [0, 0.05) is 12.6 Å². The smallest absolute Gasteiger partial charge is 0.208 e. The molecule has 90 valence electrons. The highest BCUT2D eigenvalue weighted by atomic mass is 32.2. The Bertz CT molecular complexity index is 259. The molecule has 1 fully saturated rings. The van der Waals surface area contributed by atoms with Crippen LogP contribution in [0, 0.1) is 0 Å². The van der Waals surface area contributed by atoms with Gasteiger partial charge in [0.25, 0.3) is 0 Å². The first kappa shape index (κ1) is 12.9. The molecule has 0 spiro atoms. The van der Waals surface area contributed by atoms with Crippen molar-refractivity contribution in [3.63, 3.8) is 0 Å². The first-order chi connectivity index (χ1) is 7.08. The molecule has 1 aliphatic rings. The summed E-state index contributed by atoms with van der Waals surface area (Å²) in [5, 5.41) is 3.47. The lowest BCUT2D eigenvalue weighted by Crippen LogP contribution is -2.33. The second kappa shape index (κ2) is 6.45. The molecule has 0 aromatic carbocycles. The van der Waals surface area contributed by atoms with Gasteiger partial charge in [0.15, 0.2) is 0 Å². The predicted molar refractivity (Wildman–Crippen MR) is 62.3 cm³/mol. The van der Waals surface area contributed by atoms with Gasteiger partial charge in [-0.2, -0.15) is 0 Å². The summed E-state index contributed by atoms with van der Waals surface area (Å²) in [7, 11) is -3.01. The van der Waals surface area contributed by atoms with Gasteiger partial charge in [-0.25, -0.2) is 13.1 Å². The second-order valence-corrected chi connectivity index (χ2v) is 6.14. The molecule has 0 radical (unpaired) electrons. The standard InChI is InChI=1S/C10H22N2O2S/c1-15(13,14)12-9-5-8-11-10-6-3-2-4-7-10/h10-12H,2-9H2,1H3. The molecule has 0 bridgehead atoms. The molecule has 0 saturated heterocycles. The van der Waals surface area contributed by atoms with Crippen molar-refractivity contribution in [2.45, 2.75) is 44.6 Å². The lowest BCUT2D eigenvalue weighted by Gasteiger charge is -2.22. The van der Waals surface area contributed by atoms with E-state index in [1.165, 1.54) is 38.4 Å². The quantitative estimate of drug-likeness (QED) is 0.670. The Morgan fingerprint density at radius 3 is 2.40 bits per heavy atom. The lowest BCUT2D eigenvalue weighted by atomic mass is 9.95. The minimum atomic E-state index is -3.01.